The van der Waals surface area contributed by atoms with Crippen LogP contribution in [-0.2, 0) is 13.0 Å². The fraction of sp³-hybridized carbons (Fsp3) is 0.188. The molecule has 0 radical (unpaired) electrons. The van der Waals surface area contributed by atoms with Gasteiger partial charge in [-0.1, -0.05) is 35.9 Å². The first kappa shape index (κ1) is 13.9. The van der Waals surface area contributed by atoms with Crippen molar-refractivity contribution >= 4 is 23.3 Å². The van der Waals surface area contributed by atoms with Crippen LogP contribution in [0.1, 0.15) is 11.1 Å². The van der Waals surface area contributed by atoms with E-state index in [1.54, 1.807) is 4.90 Å². The minimum Gasteiger partial charge on any atom is -0.320 e. The second-order valence-electron chi connectivity index (χ2n) is 5.00. The molecule has 0 fully saturated rings. The third-order valence-electron chi connectivity index (χ3n) is 3.59. The van der Waals surface area contributed by atoms with Gasteiger partial charge in [0.1, 0.15) is 5.82 Å². The minimum absolute atomic E-state index is 0.00297. The predicted molar refractivity (Wildman–Crippen MR) is 81.0 cm³/mol. The van der Waals surface area contributed by atoms with E-state index in [0.717, 1.165) is 12.0 Å². The first-order valence-electron chi connectivity index (χ1n) is 6.71. The van der Waals surface area contributed by atoms with Gasteiger partial charge < -0.3 is 10.2 Å². The molecular formula is C16H14ClFN2O. The van der Waals surface area contributed by atoms with Gasteiger partial charge in [0, 0.05) is 18.8 Å². The Hall–Kier alpha value is -2.07. The summed E-state index contributed by atoms with van der Waals surface area (Å²) in [5.74, 6) is -0.499. The molecule has 108 valence electrons. The van der Waals surface area contributed by atoms with Crippen molar-refractivity contribution in [3.63, 3.8) is 0 Å². The van der Waals surface area contributed by atoms with Gasteiger partial charge in [0.25, 0.3) is 0 Å². The van der Waals surface area contributed by atoms with Crippen LogP contribution in [-0.4, -0.2) is 17.5 Å². The van der Waals surface area contributed by atoms with E-state index in [-0.39, 0.29) is 11.1 Å². The molecule has 0 saturated carbocycles. The van der Waals surface area contributed by atoms with Crippen LogP contribution in [0.5, 0.6) is 0 Å². The molecule has 5 heteroatoms. The van der Waals surface area contributed by atoms with Crippen LogP contribution >= 0.6 is 11.6 Å². The zero-order valence-electron chi connectivity index (χ0n) is 11.3. The van der Waals surface area contributed by atoms with Gasteiger partial charge in [0.15, 0.2) is 0 Å². The van der Waals surface area contributed by atoms with Crippen LogP contribution in [0.3, 0.4) is 0 Å². The molecule has 2 aromatic rings. The first-order valence-corrected chi connectivity index (χ1v) is 7.09. The predicted octanol–water partition coefficient (Wildman–Crippen LogP) is 4.07. The summed E-state index contributed by atoms with van der Waals surface area (Å²) in [6.07, 6.45) is 0.841. The Labute approximate surface area is 127 Å². The number of halogens is 2. The normalized spacial score (nSPS) is 13.7. The van der Waals surface area contributed by atoms with Crippen molar-refractivity contribution in [3.8, 4) is 0 Å². The number of benzene rings is 2. The number of amides is 2. The Morgan fingerprint density at radius 3 is 2.71 bits per heavy atom. The van der Waals surface area contributed by atoms with Crippen LogP contribution in [0.25, 0.3) is 0 Å². The summed E-state index contributed by atoms with van der Waals surface area (Å²) in [7, 11) is 0. The lowest BCUT2D eigenvalue weighted by Crippen LogP contribution is -2.38. The van der Waals surface area contributed by atoms with Crippen molar-refractivity contribution in [2.45, 2.75) is 13.0 Å². The summed E-state index contributed by atoms with van der Waals surface area (Å²) < 4.78 is 13.1. The zero-order valence-corrected chi connectivity index (χ0v) is 12.0. The van der Waals surface area contributed by atoms with E-state index < -0.39 is 5.82 Å². The third-order valence-corrected chi connectivity index (χ3v) is 3.88. The largest absolute Gasteiger partial charge is 0.322 e. The monoisotopic (exact) mass is 304 g/mol. The molecule has 2 aromatic carbocycles. The van der Waals surface area contributed by atoms with Gasteiger partial charge >= 0.3 is 6.03 Å². The van der Waals surface area contributed by atoms with Crippen molar-refractivity contribution in [3.05, 3.63) is 64.4 Å². The lowest BCUT2D eigenvalue weighted by molar-refractivity contribution is 0.206. The van der Waals surface area contributed by atoms with Gasteiger partial charge in [-0.25, -0.2) is 9.18 Å². The fourth-order valence-electron chi connectivity index (χ4n) is 2.45. The Morgan fingerprint density at radius 1 is 1.19 bits per heavy atom. The summed E-state index contributed by atoms with van der Waals surface area (Å²) in [4.78, 5) is 14.0. The lowest BCUT2D eigenvalue weighted by Gasteiger charge is -2.29. The van der Waals surface area contributed by atoms with Crippen LogP contribution in [0, 0.1) is 5.82 Å². The van der Waals surface area contributed by atoms with E-state index in [1.165, 1.54) is 23.8 Å². The molecule has 1 aliphatic rings. The molecule has 0 bridgehead atoms. The number of carbonyl (C=O) groups is 1. The maximum Gasteiger partial charge on any atom is 0.322 e. The third kappa shape index (κ3) is 3.00. The quantitative estimate of drug-likeness (QED) is 0.846. The molecule has 0 atom stereocenters. The minimum atomic E-state index is -0.499. The molecule has 1 aliphatic heterocycles. The molecule has 0 saturated heterocycles. The number of carbonyl (C=O) groups excluding carboxylic acids is 1. The van der Waals surface area contributed by atoms with Crippen LogP contribution in [0.15, 0.2) is 42.5 Å². The maximum absolute atomic E-state index is 13.1. The molecular weight excluding hydrogens is 291 g/mol. The van der Waals surface area contributed by atoms with Crippen molar-refractivity contribution in [2.75, 3.05) is 11.9 Å². The molecule has 0 aliphatic carbocycles. The highest BCUT2D eigenvalue weighted by molar-refractivity contribution is 6.31. The Kier molecular flexibility index (Phi) is 3.80. The Bertz CT molecular complexity index is 690. The van der Waals surface area contributed by atoms with Gasteiger partial charge in [-0.2, -0.15) is 0 Å². The number of hydrogen-bond acceptors (Lipinski definition) is 1. The SMILES string of the molecule is O=C(Nc1ccc(F)c(Cl)c1)N1CCc2ccccc2C1. The van der Waals surface area contributed by atoms with Crippen LogP contribution in [0.2, 0.25) is 5.02 Å². The lowest BCUT2D eigenvalue weighted by atomic mass is 10.0. The van der Waals surface area contributed by atoms with E-state index in [4.69, 9.17) is 11.6 Å². The van der Waals surface area contributed by atoms with E-state index >= 15 is 0 Å². The van der Waals surface area contributed by atoms with E-state index in [1.807, 2.05) is 18.2 Å². The summed E-state index contributed by atoms with van der Waals surface area (Å²) in [6.45, 7) is 1.24. The number of anilines is 1. The summed E-state index contributed by atoms with van der Waals surface area (Å²) >= 11 is 5.71. The van der Waals surface area contributed by atoms with Gasteiger partial charge in [0.2, 0.25) is 0 Å². The molecule has 3 rings (SSSR count). The number of hydrogen-bond donors (Lipinski definition) is 1. The maximum atomic E-state index is 13.1. The van der Waals surface area contributed by atoms with Crippen molar-refractivity contribution in [1.82, 2.24) is 4.90 Å². The highest BCUT2D eigenvalue weighted by atomic mass is 35.5. The zero-order chi connectivity index (χ0) is 14.8. The molecule has 0 aromatic heterocycles. The van der Waals surface area contributed by atoms with E-state index in [2.05, 4.69) is 11.4 Å². The van der Waals surface area contributed by atoms with Crippen molar-refractivity contribution < 1.29 is 9.18 Å². The molecule has 0 unspecified atom stereocenters. The van der Waals surface area contributed by atoms with Gasteiger partial charge in [0.05, 0.1) is 5.02 Å². The molecule has 0 spiro atoms. The van der Waals surface area contributed by atoms with Crippen LogP contribution in [0.4, 0.5) is 14.9 Å². The van der Waals surface area contributed by atoms with Gasteiger partial charge in [-0.3, -0.25) is 0 Å². The molecule has 1 N–H and O–H groups in total. The topological polar surface area (TPSA) is 32.3 Å². The first-order chi connectivity index (χ1) is 10.1. The molecule has 1 heterocycles. The summed E-state index contributed by atoms with van der Waals surface area (Å²) in [5, 5.41) is 2.74. The number of fused-ring (bicyclic) bond motifs is 1. The van der Waals surface area contributed by atoms with Crippen molar-refractivity contribution in [1.29, 1.82) is 0 Å². The van der Waals surface area contributed by atoms with E-state index in [9.17, 15) is 9.18 Å². The smallest absolute Gasteiger partial charge is 0.320 e. The van der Waals surface area contributed by atoms with Crippen molar-refractivity contribution in [2.24, 2.45) is 0 Å². The van der Waals surface area contributed by atoms with Gasteiger partial charge in [-0.15, -0.1) is 0 Å². The summed E-state index contributed by atoms with van der Waals surface area (Å²) in [6, 6.07) is 12.0. The number of nitrogens with zero attached hydrogens (tertiary/aromatic N) is 1. The number of nitrogens with one attached hydrogen (secondary N) is 1. The average Bonchev–Trinajstić information content (AvgIpc) is 2.50. The highest BCUT2D eigenvalue weighted by Crippen LogP contribution is 2.22. The van der Waals surface area contributed by atoms with Gasteiger partial charge in [-0.05, 0) is 35.7 Å². The second-order valence-corrected chi connectivity index (χ2v) is 5.41. The Morgan fingerprint density at radius 2 is 1.95 bits per heavy atom. The molecule has 2 amide bonds. The highest BCUT2D eigenvalue weighted by Gasteiger charge is 2.20. The standard InChI is InChI=1S/C16H14ClFN2O/c17-14-9-13(5-6-15(14)18)19-16(21)20-8-7-11-3-1-2-4-12(11)10-20/h1-6,9H,7-8,10H2,(H,19,21). The average molecular weight is 305 g/mol. The Balaban J connectivity index is 1.70. The van der Waals surface area contributed by atoms with E-state index in [0.29, 0.717) is 18.8 Å². The van der Waals surface area contributed by atoms with Crippen LogP contribution < -0.4 is 5.32 Å². The molecule has 3 nitrogen and oxygen atoms in total. The summed E-state index contributed by atoms with van der Waals surface area (Å²) in [5.41, 5.74) is 2.94. The number of rotatable bonds is 1. The second kappa shape index (κ2) is 5.74. The number of urea groups is 1. The fourth-order valence-corrected chi connectivity index (χ4v) is 2.63. The molecule has 21 heavy (non-hydrogen) atoms.